The average Bonchev–Trinajstić information content (AvgIpc) is 2.87. The molecule has 0 radical (unpaired) electrons. The highest BCUT2D eigenvalue weighted by Crippen LogP contribution is 2.34. The van der Waals surface area contributed by atoms with E-state index in [4.69, 9.17) is 4.42 Å². The standard InChI is InChI=1S/C10H15NO3S/c1-2-15(12,13)11-7-3-5-9(11)10-6-4-8-14-10/h4,6,8-9H,2-3,5,7H2,1H3. The van der Waals surface area contributed by atoms with Crippen LogP contribution in [0.5, 0.6) is 0 Å². The Labute approximate surface area is 89.9 Å². The van der Waals surface area contributed by atoms with E-state index in [0.717, 1.165) is 18.6 Å². The Morgan fingerprint density at radius 2 is 2.40 bits per heavy atom. The molecule has 84 valence electrons. The summed E-state index contributed by atoms with van der Waals surface area (Å²) in [6.07, 6.45) is 3.35. The highest BCUT2D eigenvalue weighted by atomic mass is 32.2. The van der Waals surface area contributed by atoms with E-state index in [-0.39, 0.29) is 11.8 Å². The predicted molar refractivity (Wildman–Crippen MR) is 56.8 cm³/mol. The van der Waals surface area contributed by atoms with Gasteiger partial charge in [0.15, 0.2) is 0 Å². The monoisotopic (exact) mass is 229 g/mol. The third-order valence-electron chi connectivity index (χ3n) is 2.80. The Balaban J connectivity index is 2.27. The van der Waals surface area contributed by atoms with Crippen LogP contribution in [0.4, 0.5) is 0 Å². The molecule has 1 aliphatic heterocycles. The Morgan fingerprint density at radius 1 is 1.60 bits per heavy atom. The molecule has 1 aliphatic rings. The zero-order valence-electron chi connectivity index (χ0n) is 8.72. The lowest BCUT2D eigenvalue weighted by Gasteiger charge is -2.21. The lowest BCUT2D eigenvalue weighted by molar-refractivity contribution is 0.340. The fourth-order valence-electron chi connectivity index (χ4n) is 2.00. The zero-order valence-corrected chi connectivity index (χ0v) is 9.53. The maximum atomic E-state index is 11.8. The molecular formula is C10H15NO3S. The lowest BCUT2D eigenvalue weighted by Crippen LogP contribution is -2.31. The fraction of sp³-hybridized carbons (Fsp3) is 0.600. The van der Waals surface area contributed by atoms with Crippen molar-refractivity contribution in [3.05, 3.63) is 24.2 Å². The highest BCUT2D eigenvalue weighted by Gasteiger charge is 2.35. The van der Waals surface area contributed by atoms with E-state index < -0.39 is 10.0 Å². The molecule has 1 aromatic heterocycles. The number of nitrogens with zero attached hydrogens (tertiary/aromatic N) is 1. The van der Waals surface area contributed by atoms with Crippen molar-refractivity contribution >= 4 is 10.0 Å². The predicted octanol–water partition coefficient (Wildman–Crippen LogP) is 1.77. The maximum Gasteiger partial charge on any atom is 0.214 e. The number of hydrogen-bond donors (Lipinski definition) is 0. The van der Waals surface area contributed by atoms with Crippen LogP contribution < -0.4 is 0 Å². The fourth-order valence-corrected chi connectivity index (χ4v) is 3.34. The molecule has 5 heteroatoms. The molecule has 0 aromatic carbocycles. The molecule has 2 rings (SSSR count). The summed E-state index contributed by atoms with van der Waals surface area (Å²) in [5.74, 6) is 0.911. The third-order valence-corrected chi connectivity index (χ3v) is 4.68. The van der Waals surface area contributed by atoms with E-state index in [1.807, 2.05) is 6.07 Å². The van der Waals surface area contributed by atoms with Gasteiger partial charge in [-0.05, 0) is 31.9 Å². The first-order chi connectivity index (χ1) is 7.15. The van der Waals surface area contributed by atoms with E-state index in [1.54, 1.807) is 23.6 Å². The van der Waals surface area contributed by atoms with Crippen molar-refractivity contribution in [2.45, 2.75) is 25.8 Å². The first-order valence-electron chi connectivity index (χ1n) is 5.18. The van der Waals surface area contributed by atoms with Crippen LogP contribution in [-0.2, 0) is 10.0 Å². The molecule has 1 atom stereocenters. The summed E-state index contributed by atoms with van der Waals surface area (Å²) in [5, 5.41) is 0. The van der Waals surface area contributed by atoms with Gasteiger partial charge in [-0.15, -0.1) is 0 Å². The van der Waals surface area contributed by atoms with Crippen LogP contribution in [0, 0.1) is 0 Å². The summed E-state index contributed by atoms with van der Waals surface area (Å²) in [4.78, 5) is 0. The summed E-state index contributed by atoms with van der Waals surface area (Å²) in [7, 11) is -3.10. The first-order valence-corrected chi connectivity index (χ1v) is 6.79. The van der Waals surface area contributed by atoms with Crippen LogP contribution in [0.1, 0.15) is 31.6 Å². The lowest BCUT2D eigenvalue weighted by atomic mass is 10.2. The van der Waals surface area contributed by atoms with Crippen molar-refractivity contribution in [3.63, 3.8) is 0 Å². The minimum absolute atomic E-state index is 0.0926. The molecule has 0 bridgehead atoms. The SMILES string of the molecule is CCS(=O)(=O)N1CCCC1c1ccco1. The van der Waals surface area contributed by atoms with Crippen molar-refractivity contribution < 1.29 is 12.8 Å². The van der Waals surface area contributed by atoms with Gasteiger partial charge in [0.05, 0.1) is 18.1 Å². The minimum atomic E-state index is -3.10. The van der Waals surface area contributed by atoms with Crippen molar-refractivity contribution in [1.29, 1.82) is 0 Å². The Bertz CT molecular complexity index is 410. The summed E-state index contributed by atoms with van der Waals surface area (Å²) in [6.45, 7) is 2.29. The quantitative estimate of drug-likeness (QED) is 0.793. The molecule has 1 unspecified atom stereocenters. The maximum absolute atomic E-state index is 11.8. The van der Waals surface area contributed by atoms with Gasteiger partial charge >= 0.3 is 0 Å². The number of furan rings is 1. The van der Waals surface area contributed by atoms with Gasteiger partial charge in [0.2, 0.25) is 10.0 Å². The largest absolute Gasteiger partial charge is 0.468 e. The van der Waals surface area contributed by atoms with Gasteiger partial charge in [-0.3, -0.25) is 0 Å². The molecule has 0 saturated carbocycles. The van der Waals surface area contributed by atoms with Gasteiger partial charge in [0.1, 0.15) is 5.76 Å². The summed E-state index contributed by atoms with van der Waals surface area (Å²) in [6, 6.07) is 3.54. The van der Waals surface area contributed by atoms with E-state index in [2.05, 4.69) is 0 Å². The van der Waals surface area contributed by atoms with Gasteiger partial charge in [-0.1, -0.05) is 0 Å². The summed E-state index contributed by atoms with van der Waals surface area (Å²) in [5.41, 5.74) is 0. The van der Waals surface area contributed by atoms with Crippen LogP contribution in [0.15, 0.2) is 22.8 Å². The van der Waals surface area contributed by atoms with Crippen molar-refractivity contribution in [2.75, 3.05) is 12.3 Å². The van der Waals surface area contributed by atoms with Gasteiger partial charge in [-0.2, -0.15) is 4.31 Å². The Kier molecular flexibility index (Phi) is 2.84. The van der Waals surface area contributed by atoms with Crippen molar-refractivity contribution in [3.8, 4) is 0 Å². The first kappa shape index (κ1) is 10.7. The van der Waals surface area contributed by atoms with Crippen molar-refractivity contribution in [2.24, 2.45) is 0 Å². The van der Waals surface area contributed by atoms with E-state index in [1.165, 1.54) is 0 Å². The molecular weight excluding hydrogens is 214 g/mol. The minimum Gasteiger partial charge on any atom is -0.468 e. The topological polar surface area (TPSA) is 50.5 Å². The second-order valence-electron chi connectivity index (χ2n) is 3.68. The highest BCUT2D eigenvalue weighted by molar-refractivity contribution is 7.89. The van der Waals surface area contributed by atoms with E-state index >= 15 is 0 Å². The van der Waals surface area contributed by atoms with Gasteiger partial charge in [-0.25, -0.2) is 8.42 Å². The number of sulfonamides is 1. The van der Waals surface area contributed by atoms with Crippen LogP contribution >= 0.6 is 0 Å². The molecule has 15 heavy (non-hydrogen) atoms. The second-order valence-corrected chi connectivity index (χ2v) is 5.89. The molecule has 1 saturated heterocycles. The van der Waals surface area contributed by atoms with Crippen molar-refractivity contribution in [1.82, 2.24) is 4.31 Å². The van der Waals surface area contributed by atoms with E-state index in [0.29, 0.717) is 6.54 Å². The molecule has 0 aliphatic carbocycles. The number of hydrogen-bond acceptors (Lipinski definition) is 3. The smallest absolute Gasteiger partial charge is 0.214 e. The molecule has 1 fully saturated rings. The van der Waals surface area contributed by atoms with Crippen LogP contribution in [0.25, 0.3) is 0 Å². The Morgan fingerprint density at radius 3 is 3.00 bits per heavy atom. The van der Waals surface area contributed by atoms with Crippen LogP contribution in [-0.4, -0.2) is 25.0 Å². The van der Waals surface area contributed by atoms with Gasteiger partial charge < -0.3 is 4.42 Å². The second kappa shape index (κ2) is 3.98. The van der Waals surface area contributed by atoms with Crippen LogP contribution in [0.3, 0.4) is 0 Å². The summed E-state index contributed by atoms with van der Waals surface area (Å²) < 4.78 is 30.4. The molecule has 2 heterocycles. The molecule has 4 nitrogen and oxygen atoms in total. The van der Waals surface area contributed by atoms with Gasteiger partial charge in [0.25, 0.3) is 0 Å². The molecule has 0 N–H and O–H groups in total. The van der Waals surface area contributed by atoms with E-state index in [9.17, 15) is 8.42 Å². The zero-order chi connectivity index (χ0) is 10.9. The molecule has 1 aromatic rings. The molecule has 0 spiro atoms. The summed E-state index contributed by atoms with van der Waals surface area (Å²) >= 11 is 0. The van der Waals surface area contributed by atoms with Crippen LogP contribution in [0.2, 0.25) is 0 Å². The van der Waals surface area contributed by atoms with Gasteiger partial charge in [0, 0.05) is 6.54 Å². The Hall–Kier alpha value is -0.810. The molecule has 0 amide bonds. The normalized spacial score (nSPS) is 23.4. The average molecular weight is 229 g/mol. The third kappa shape index (κ3) is 1.94. The number of rotatable bonds is 3.